The molecule has 0 heterocycles. The highest BCUT2D eigenvalue weighted by atomic mass is 32.2. The third-order valence-electron chi connectivity index (χ3n) is 3.43. The second-order valence-electron chi connectivity index (χ2n) is 4.87. The SMILES string of the molecule is Cc1ccc(SCC2(CC#N)CC2)cc1C. The largest absolute Gasteiger partial charge is 0.198 e. The fourth-order valence-corrected chi connectivity index (χ4v) is 3.04. The molecule has 16 heavy (non-hydrogen) atoms. The first kappa shape index (κ1) is 11.5. The van der Waals surface area contributed by atoms with Crippen LogP contribution in [0, 0.1) is 30.6 Å². The Morgan fingerprint density at radius 1 is 1.31 bits per heavy atom. The normalized spacial score (nSPS) is 16.8. The lowest BCUT2D eigenvalue weighted by Crippen LogP contribution is -2.02. The van der Waals surface area contributed by atoms with Gasteiger partial charge in [-0.1, -0.05) is 6.07 Å². The predicted molar refractivity (Wildman–Crippen MR) is 68.5 cm³/mol. The van der Waals surface area contributed by atoms with Crippen molar-refractivity contribution >= 4 is 11.8 Å². The fraction of sp³-hybridized carbons (Fsp3) is 0.500. The van der Waals surface area contributed by atoms with Crippen molar-refractivity contribution in [3.05, 3.63) is 29.3 Å². The van der Waals surface area contributed by atoms with Gasteiger partial charge in [0.05, 0.1) is 6.07 Å². The predicted octanol–water partition coefficient (Wildman–Crippen LogP) is 4.09. The number of hydrogen-bond acceptors (Lipinski definition) is 2. The molecule has 0 aromatic heterocycles. The van der Waals surface area contributed by atoms with Gasteiger partial charge in [0.1, 0.15) is 0 Å². The monoisotopic (exact) mass is 231 g/mol. The van der Waals surface area contributed by atoms with Crippen molar-refractivity contribution in [2.24, 2.45) is 5.41 Å². The van der Waals surface area contributed by atoms with Crippen LogP contribution in [-0.4, -0.2) is 5.75 Å². The first-order valence-corrected chi connectivity index (χ1v) is 6.71. The standard InChI is InChI=1S/C14H17NS/c1-11-3-4-13(9-12(11)2)16-10-14(5-6-14)7-8-15/h3-4,9H,5-7,10H2,1-2H3. The first-order valence-electron chi connectivity index (χ1n) is 5.72. The van der Waals surface area contributed by atoms with E-state index in [-0.39, 0.29) is 0 Å². The van der Waals surface area contributed by atoms with Gasteiger partial charge in [0.15, 0.2) is 0 Å². The van der Waals surface area contributed by atoms with Crippen molar-refractivity contribution in [1.82, 2.24) is 0 Å². The van der Waals surface area contributed by atoms with Crippen molar-refractivity contribution < 1.29 is 0 Å². The lowest BCUT2D eigenvalue weighted by atomic mass is 10.1. The number of benzene rings is 1. The number of rotatable bonds is 4. The Balaban J connectivity index is 1.95. The van der Waals surface area contributed by atoms with E-state index in [4.69, 9.17) is 5.26 Å². The van der Waals surface area contributed by atoms with E-state index >= 15 is 0 Å². The molecule has 0 N–H and O–H groups in total. The summed E-state index contributed by atoms with van der Waals surface area (Å²) < 4.78 is 0. The second-order valence-corrected chi connectivity index (χ2v) is 5.92. The molecule has 0 spiro atoms. The van der Waals surface area contributed by atoms with Crippen LogP contribution in [0.3, 0.4) is 0 Å². The van der Waals surface area contributed by atoms with E-state index in [1.165, 1.54) is 28.9 Å². The lowest BCUT2D eigenvalue weighted by molar-refractivity contribution is 0.604. The summed E-state index contributed by atoms with van der Waals surface area (Å²) in [6, 6.07) is 8.94. The van der Waals surface area contributed by atoms with Gasteiger partial charge in [0.25, 0.3) is 0 Å². The third-order valence-corrected chi connectivity index (χ3v) is 4.78. The molecule has 1 aromatic carbocycles. The van der Waals surface area contributed by atoms with Gasteiger partial charge >= 0.3 is 0 Å². The number of aryl methyl sites for hydroxylation is 2. The highest BCUT2D eigenvalue weighted by Gasteiger charge is 2.42. The zero-order chi connectivity index (χ0) is 11.6. The molecule has 0 aliphatic heterocycles. The van der Waals surface area contributed by atoms with Crippen LogP contribution in [0.5, 0.6) is 0 Å². The molecular weight excluding hydrogens is 214 g/mol. The summed E-state index contributed by atoms with van der Waals surface area (Å²) in [5.41, 5.74) is 3.05. The van der Waals surface area contributed by atoms with E-state index in [1.54, 1.807) is 0 Å². The molecule has 0 atom stereocenters. The van der Waals surface area contributed by atoms with E-state index in [0.29, 0.717) is 5.41 Å². The quantitative estimate of drug-likeness (QED) is 0.729. The first-order chi connectivity index (χ1) is 7.65. The van der Waals surface area contributed by atoms with Gasteiger partial charge in [-0.05, 0) is 55.4 Å². The van der Waals surface area contributed by atoms with Crippen molar-refractivity contribution in [2.45, 2.75) is 38.0 Å². The maximum absolute atomic E-state index is 8.76. The molecule has 0 radical (unpaired) electrons. The highest BCUT2D eigenvalue weighted by molar-refractivity contribution is 7.99. The molecular formula is C14H17NS. The van der Waals surface area contributed by atoms with Gasteiger partial charge in [-0.15, -0.1) is 11.8 Å². The Bertz CT molecular complexity index is 427. The van der Waals surface area contributed by atoms with Crippen LogP contribution in [0.1, 0.15) is 30.4 Å². The van der Waals surface area contributed by atoms with Gasteiger partial charge < -0.3 is 0 Å². The summed E-state index contributed by atoms with van der Waals surface area (Å²) in [6.45, 7) is 4.30. The van der Waals surface area contributed by atoms with Gasteiger partial charge in [-0.2, -0.15) is 5.26 Å². The Kier molecular flexibility index (Phi) is 3.25. The summed E-state index contributed by atoms with van der Waals surface area (Å²) in [7, 11) is 0. The Morgan fingerprint density at radius 3 is 2.62 bits per heavy atom. The molecule has 1 fully saturated rings. The minimum absolute atomic E-state index is 0.345. The van der Waals surface area contributed by atoms with Gasteiger partial charge in [-0.3, -0.25) is 0 Å². The van der Waals surface area contributed by atoms with Crippen LogP contribution in [-0.2, 0) is 0 Å². The summed E-state index contributed by atoms with van der Waals surface area (Å²) >= 11 is 1.90. The summed E-state index contributed by atoms with van der Waals surface area (Å²) in [5, 5.41) is 8.76. The molecule has 0 amide bonds. The van der Waals surface area contributed by atoms with Crippen LogP contribution in [0.4, 0.5) is 0 Å². The lowest BCUT2D eigenvalue weighted by Gasteiger charge is -2.11. The average Bonchev–Trinajstić information content (AvgIpc) is 3.01. The van der Waals surface area contributed by atoms with E-state index < -0.39 is 0 Å². The molecule has 0 unspecified atom stereocenters. The van der Waals surface area contributed by atoms with Crippen LogP contribution in [0.2, 0.25) is 0 Å². The van der Waals surface area contributed by atoms with E-state index in [2.05, 4.69) is 38.1 Å². The van der Waals surface area contributed by atoms with Crippen molar-refractivity contribution in [2.75, 3.05) is 5.75 Å². The molecule has 1 saturated carbocycles. The van der Waals surface area contributed by atoms with E-state index in [1.807, 2.05) is 11.8 Å². The van der Waals surface area contributed by atoms with Crippen LogP contribution < -0.4 is 0 Å². The maximum Gasteiger partial charge on any atom is 0.0627 e. The fourth-order valence-electron chi connectivity index (χ4n) is 1.76. The Labute approximate surface area is 102 Å². The summed E-state index contributed by atoms with van der Waals surface area (Å²) in [4.78, 5) is 1.34. The number of thioether (sulfide) groups is 1. The van der Waals surface area contributed by atoms with E-state index in [0.717, 1.165) is 12.2 Å². The van der Waals surface area contributed by atoms with Crippen molar-refractivity contribution in [3.63, 3.8) is 0 Å². The molecule has 1 aliphatic rings. The Hall–Kier alpha value is -0.940. The molecule has 1 aromatic rings. The number of nitriles is 1. The molecule has 0 saturated heterocycles. The molecule has 84 valence electrons. The van der Waals surface area contributed by atoms with Gasteiger partial charge in [0, 0.05) is 17.1 Å². The van der Waals surface area contributed by atoms with Gasteiger partial charge in [-0.25, -0.2) is 0 Å². The van der Waals surface area contributed by atoms with Crippen LogP contribution in [0.15, 0.2) is 23.1 Å². The zero-order valence-electron chi connectivity index (χ0n) is 9.92. The minimum atomic E-state index is 0.345. The van der Waals surface area contributed by atoms with Gasteiger partial charge in [0.2, 0.25) is 0 Å². The molecule has 1 aliphatic carbocycles. The molecule has 2 rings (SSSR count). The second kappa shape index (κ2) is 4.51. The average molecular weight is 231 g/mol. The Morgan fingerprint density at radius 2 is 2.06 bits per heavy atom. The summed E-state index contributed by atoms with van der Waals surface area (Å²) in [5.74, 6) is 1.10. The molecule has 1 nitrogen and oxygen atoms in total. The van der Waals surface area contributed by atoms with Crippen LogP contribution >= 0.6 is 11.8 Å². The van der Waals surface area contributed by atoms with Crippen molar-refractivity contribution in [3.8, 4) is 6.07 Å². The van der Waals surface area contributed by atoms with Crippen LogP contribution in [0.25, 0.3) is 0 Å². The molecule has 0 bridgehead atoms. The smallest absolute Gasteiger partial charge is 0.0627 e. The zero-order valence-corrected chi connectivity index (χ0v) is 10.7. The third kappa shape index (κ3) is 2.59. The summed E-state index contributed by atoms with van der Waals surface area (Å²) in [6.07, 6.45) is 3.20. The van der Waals surface area contributed by atoms with E-state index in [9.17, 15) is 0 Å². The molecule has 2 heteroatoms. The minimum Gasteiger partial charge on any atom is -0.198 e. The number of nitrogens with zero attached hydrogens (tertiary/aromatic N) is 1. The van der Waals surface area contributed by atoms with Crippen molar-refractivity contribution in [1.29, 1.82) is 5.26 Å². The highest BCUT2D eigenvalue weighted by Crippen LogP contribution is 2.51. The number of hydrogen-bond donors (Lipinski definition) is 0. The topological polar surface area (TPSA) is 23.8 Å². The maximum atomic E-state index is 8.76.